The Balaban J connectivity index is 1.79. The van der Waals surface area contributed by atoms with Crippen LogP contribution in [0.25, 0.3) is 0 Å². The van der Waals surface area contributed by atoms with Crippen molar-refractivity contribution in [3.63, 3.8) is 0 Å². The van der Waals surface area contributed by atoms with E-state index in [4.69, 9.17) is 4.74 Å². The summed E-state index contributed by atoms with van der Waals surface area (Å²) in [4.78, 5) is 0. The third-order valence-corrected chi connectivity index (χ3v) is 5.03. The summed E-state index contributed by atoms with van der Waals surface area (Å²) in [7, 11) is 0. The molecular weight excluding hydrogens is 290 g/mol. The van der Waals surface area contributed by atoms with Crippen molar-refractivity contribution in [2.75, 3.05) is 26.3 Å². The van der Waals surface area contributed by atoms with Crippen molar-refractivity contribution < 1.29 is 4.74 Å². The summed E-state index contributed by atoms with van der Waals surface area (Å²) >= 11 is 3.70. The number of ether oxygens (including phenoxy) is 1. The van der Waals surface area contributed by atoms with Gasteiger partial charge in [-0.2, -0.15) is 0 Å². The van der Waals surface area contributed by atoms with Crippen LogP contribution >= 0.6 is 15.9 Å². The Labute approximate surface area is 117 Å². The lowest BCUT2D eigenvalue weighted by atomic mass is 9.70. The van der Waals surface area contributed by atoms with E-state index in [1.54, 1.807) is 0 Å². The van der Waals surface area contributed by atoms with Crippen molar-refractivity contribution in [1.82, 2.24) is 5.32 Å². The van der Waals surface area contributed by atoms with Gasteiger partial charge in [0, 0.05) is 9.89 Å². The monoisotopic (exact) mass is 309 g/mol. The van der Waals surface area contributed by atoms with Crippen molar-refractivity contribution in [2.45, 2.75) is 24.7 Å². The van der Waals surface area contributed by atoms with Crippen molar-refractivity contribution in [2.24, 2.45) is 5.92 Å². The highest BCUT2D eigenvalue weighted by Crippen LogP contribution is 2.42. The van der Waals surface area contributed by atoms with Crippen LogP contribution < -0.4 is 5.32 Å². The predicted octanol–water partition coefficient (Wildman–Crippen LogP) is 3.11. The molecule has 0 radical (unpaired) electrons. The van der Waals surface area contributed by atoms with E-state index in [9.17, 15) is 0 Å². The molecule has 1 aromatic rings. The molecule has 2 aliphatic heterocycles. The third-order valence-electron chi connectivity index (χ3n) is 4.34. The van der Waals surface area contributed by atoms with E-state index in [1.165, 1.54) is 42.4 Å². The standard InChI is InChI=1S/C15H20BrNO/c16-14-4-2-1-3-13(14)15(10-18-11-15)9-12-5-7-17-8-6-12/h1-4,12,17H,5-11H2. The summed E-state index contributed by atoms with van der Waals surface area (Å²) in [6.07, 6.45) is 3.90. The molecule has 3 heteroatoms. The second-order valence-electron chi connectivity index (χ2n) is 5.65. The second kappa shape index (κ2) is 5.32. The van der Waals surface area contributed by atoms with E-state index in [-0.39, 0.29) is 5.41 Å². The first-order valence-electron chi connectivity index (χ1n) is 6.84. The molecule has 0 saturated carbocycles. The highest BCUT2D eigenvalue weighted by Gasteiger charge is 2.43. The number of hydrogen-bond donors (Lipinski definition) is 1. The van der Waals surface area contributed by atoms with Gasteiger partial charge in [-0.3, -0.25) is 0 Å². The summed E-state index contributed by atoms with van der Waals surface area (Å²) in [5.74, 6) is 0.849. The molecule has 0 unspecified atom stereocenters. The molecule has 2 nitrogen and oxygen atoms in total. The first kappa shape index (κ1) is 12.6. The van der Waals surface area contributed by atoms with Crippen LogP contribution in [0.2, 0.25) is 0 Å². The minimum Gasteiger partial charge on any atom is -0.379 e. The molecule has 2 saturated heterocycles. The topological polar surface area (TPSA) is 21.3 Å². The van der Waals surface area contributed by atoms with Crippen LogP contribution in [0.3, 0.4) is 0 Å². The van der Waals surface area contributed by atoms with Gasteiger partial charge in [0.1, 0.15) is 0 Å². The Kier molecular flexibility index (Phi) is 3.73. The van der Waals surface area contributed by atoms with E-state index in [0.29, 0.717) is 0 Å². The Hall–Kier alpha value is -0.380. The smallest absolute Gasteiger partial charge is 0.0586 e. The average Bonchev–Trinajstić information content (AvgIpc) is 2.36. The molecule has 0 bridgehead atoms. The van der Waals surface area contributed by atoms with Gasteiger partial charge in [0.15, 0.2) is 0 Å². The predicted molar refractivity (Wildman–Crippen MR) is 76.8 cm³/mol. The lowest BCUT2D eigenvalue weighted by Crippen LogP contribution is -2.49. The van der Waals surface area contributed by atoms with Crippen LogP contribution in [-0.4, -0.2) is 26.3 Å². The van der Waals surface area contributed by atoms with Crippen LogP contribution in [-0.2, 0) is 10.2 Å². The Morgan fingerprint density at radius 3 is 2.56 bits per heavy atom. The number of nitrogens with one attached hydrogen (secondary N) is 1. The Bertz CT molecular complexity index is 411. The molecule has 0 spiro atoms. The highest BCUT2D eigenvalue weighted by molar-refractivity contribution is 9.10. The molecule has 0 aliphatic carbocycles. The van der Waals surface area contributed by atoms with Crippen LogP contribution in [0.1, 0.15) is 24.8 Å². The number of rotatable bonds is 3. The van der Waals surface area contributed by atoms with E-state index >= 15 is 0 Å². The summed E-state index contributed by atoms with van der Waals surface area (Å²) in [6.45, 7) is 4.13. The maximum Gasteiger partial charge on any atom is 0.0586 e. The quantitative estimate of drug-likeness (QED) is 0.926. The number of benzene rings is 1. The summed E-state index contributed by atoms with van der Waals surface area (Å²) in [6, 6.07) is 8.64. The van der Waals surface area contributed by atoms with E-state index in [0.717, 1.165) is 19.1 Å². The van der Waals surface area contributed by atoms with Gasteiger partial charge in [-0.15, -0.1) is 0 Å². The molecule has 2 aliphatic rings. The second-order valence-corrected chi connectivity index (χ2v) is 6.50. The zero-order valence-electron chi connectivity index (χ0n) is 10.6. The fourth-order valence-corrected chi connectivity index (χ4v) is 3.97. The lowest BCUT2D eigenvalue weighted by molar-refractivity contribution is -0.0734. The van der Waals surface area contributed by atoms with Crippen LogP contribution in [0.4, 0.5) is 0 Å². The van der Waals surface area contributed by atoms with Gasteiger partial charge >= 0.3 is 0 Å². The van der Waals surface area contributed by atoms with Gasteiger partial charge < -0.3 is 10.1 Å². The molecule has 3 rings (SSSR count). The maximum atomic E-state index is 5.55. The number of halogens is 1. The van der Waals surface area contributed by atoms with E-state index < -0.39 is 0 Å². The maximum absolute atomic E-state index is 5.55. The van der Waals surface area contributed by atoms with Crippen LogP contribution in [0.5, 0.6) is 0 Å². The van der Waals surface area contributed by atoms with Gasteiger partial charge in [-0.1, -0.05) is 34.1 Å². The van der Waals surface area contributed by atoms with Crippen molar-refractivity contribution in [1.29, 1.82) is 0 Å². The molecule has 1 N–H and O–H groups in total. The molecule has 0 atom stereocenters. The zero-order valence-corrected chi connectivity index (χ0v) is 12.2. The van der Waals surface area contributed by atoms with Gasteiger partial charge in [-0.05, 0) is 49.9 Å². The zero-order chi connectivity index (χ0) is 12.4. The molecule has 0 amide bonds. The molecule has 2 fully saturated rings. The van der Waals surface area contributed by atoms with Gasteiger partial charge in [0.25, 0.3) is 0 Å². The fraction of sp³-hybridized carbons (Fsp3) is 0.600. The first-order chi connectivity index (χ1) is 8.80. The largest absolute Gasteiger partial charge is 0.379 e. The van der Waals surface area contributed by atoms with Crippen molar-refractivity contribution >= 4 is 15.9 Å². The third kappa shape index (κ3) is 2.36. The number of hydrogen-bond acceptors (Lipinski definition) is 2. The first-order valence-corrected chi connectivity index (χ1v) is 7.63. The Morgan fingerprint density at radius 2 is 1.94 bits per heavy atom. The van der Waals surface area contributed by atoms with Crippen molar-refractivity contribution in [3.05, 3.63) is 34.3 Å². The van der Waals surface area contributed by atoms with Gasteiger partial charge in [0.05, 0.1) is 13.2 Å². The SMILES string of the molecule is Brc1ccccc1C1(CC2CCNCC2)COC1. The van der Waals surface area contributed by atoms with Crippen LogP contribution in [0, 0.1) is 5.92 Å². The number of piperidine rings is 1. The van der Waals surface area contributed by atoms with Crippen LogP contribution in [0.15, 0.2) is 28.7 Å². The minimum absolute atomic E-state index is 0.266. The fourth-order valence-electron chi connectivity index (χ4n) is 3.26. The molecule has 2 heterocycles. The molecule has 98 valence electrons. The Morgan fingerprint density at radius 1 is 1.22 bits per heavy atom. The lowest BCUT2D eigenvalue weighted by Gasteiger charge is -2.45. The average molecular weight is 310 g/mol. The normalized spacial score (nSPS) is 23.6. The summed E-state index contributed by atoms with van der Waals surface area (Å²) in [5, 5.41) is 3.45. The van der Waals surface area contributed by atoms with E-state index in [1.807, 2.05) is 0 Å². The van der Waals surface area contributed by atoms with Crippen molar-refractivity contribution in [3.8, 4) is 0 Å². The minimum atomic E-state index is 0.266. The molecular formula is C15H20BrNO. The summed E-state index contributed by atoms with van der Waals surface area (Å²) in [5.41, 5.74) is 1.71. The molecule has 1 aromatic carbocycles. The highest BCUT2D eigenvalue weighted by atomic mass is 79.9. The molecule has 0 aromatic heterocycles. The molecule has 18 heavy (non-hydrogen) atoms. The van der Waals surface area contributed by atoms with Gasteiger partial charge in [-0.25, -0.2) is 0 Å². The van der Waals surface area contributed by atoms with Gasteiger partial charge in [0.2, 0.25) is 0 Å². The summed E-state index contributed by atoms with van der Waals surface area (Å²) < 4.78 is 6.79. The van der Waals surface area contributed by atoms with E-state index in [2.05, 4.69) is 45.5 Å².